The van der Waals surface area contributed by atoms with Gasteiger partial charge < -0.3 is 20.3 Å². The largest absolute Gasteiger partial charge is 0.480 e. The number of carboxylic acid groups (broad SMARTS) is 1. The second-order valence-electron chi connectivity index (χ2n) is 4.17. The number of rotatable bonds is 5. The van der Waals surface area contributed by atoms with Gasteiger partial charge in [-0.1, -0.05) is 0 Å². The Balaban J connectivity index is 2.52. The molecule has 3 N–H and O–H groups in total. The number of aliphatic hydroxyl groups excluding tert-OH is 1. The molecule has 2 rings (SSSR count). The first-order valence-corrected chi connectivity index (χ1v) is 6.73. The zero-order valence-electron chi connectivity index (χ0n) is 11.3. The molecule has 0 aromatic carbocycles. The molecule has 0 radical (unpaired) electrons. The zero-order valence-corrected chi connectivity index (χ0v) is 12.1. The average Bonchev–Trinajstić information content (AvgIpc) is 2.81. The molecule has 2 aromatic heterocycles. The molecular weight excluding hydrogens is 298 g/mol. The first-order chi connectivity index (χ1) is 9.99. The van der Waals surface area contributed by atoms with E-state index in [4.69, 9.17) is 14.9 Å². The predicted octanol–water partition coefficient (Wildman–Crippen LogP) is 0.644. The molecule has 112 valence electrons. The Morgan fingerprint density at radius 2 is 2.19 bits per heavy atom. The van der Waals surface area contributed by atoms with Gasteiger partial charge in [-0.2, -0.15) is 0 Å². The van der Waals surface area contributed by atoms with E-state index in [9.17, 15) is 9.59 Å². The molecule has 0 saturated heterocycles. The van der Waals surface area contributed by atoms with E-state index in [0.717, 1.165) is 11.3 Å². The maximum Gasteiger partial charge on any atom is 0.348 e. The van der Waals surface area contributed by atoms with Gasteiger partial charge >= 0.3 is 11.9 Å². The predicted molar refractivity (Wildman–Crippen MR) is 75.6 cm³/mol. The number of anilines is 1. The fraction of sp³-hybridized carbons (Fsp3) is 0.333. The first-order valence-electron chi connectivity index (χ1n) is 5.92. The van der Waals surface area contributed by atoms with Gasteiger partial charge in [-0.15, -0.1) is 11.3 Å². The average molecular weight is 311 g/mol. The number of carbonyl (C=O) groups is 2. The third-order valence-electron chi connectivity index (χ3n) is 2.89. The Hall–Kier alpha value is -2.26. The van der Waals surface area contributed by atoms with Crippen molar-refractivity contribution in [2.75, 3.05) is 19.0 Å². The van der Waals surface area contributed by atoms with E-state index in [1.165, 1.54) is 13.4 Å². The number of aliphatic carboxylic acids is 1. The Kier molecular flexibility index (Phi) is 4.34. The van der Waals surface area contributed by atoms with E-state index in [0.29, 0.717) is 20.7 Å². The van der Waals surface area contributed by atoms with Gasteiger partial charge in [-0.3, -0.25) is 0 Å². The van der Waals surface area contributed by atoms with Crippen LogP contribution in [-0.2, 0) is 9.53 Å². The highest BCUT2D eigenvalue weighted by Gasteiger charge is 2.22. The van der Waals surface area contributed by atoms with Gasteiger partial charge in [0.15, 0.2) is 0 Å². The summed E-state index contributed by atoms with van der Waals surface area (Å²) in [5, 5.41) is 21.2. The molecule has 1 atom stereocenters. The molecule has 0 bridgehead atoms. The van der Waals surface area contributed by atoms with Crippen LogP contribution in [0.25, 0.3) is 10.2 Å². The van der Waals surface area contributed by atoms with Gasteiger partial charge in [0.1, 0.15) is 27.9 Å². The Labute approximate surface area is 123 Å². The van der Waals surface area contributed by atoms with Gasteiger partial charge in [0.2, 0.25) is 0 Å². The first kappa shape index (κ1) is 15.1. The fourth-order valence-corrected chi connectivity index (χ4v) is 2.89. The quantitative estimate of drug-likeness (QED) is 0.688. The van der Waals surface area contributed by atoms with Crippen molar-refractivity contribution in [1.29, 1.82) is 0 Å². The van der Waals surface area contributed by atoms with Crippen LogP contribution in [0.15, 0.2) is 6.33 Å². The SMILES string of the molecule is COC(=O)c1sc2ncnc(NC(CO)C(=O)O)c2c1C. The lowest BCUT2D eigenvalue weighted by atomic mass is 10.2. The van der Waals surface area contributed by atoms with Crippen molar-refractivity contribution in [1.82, 2.24) is 9.97 Å². The highest BCUT2D eigenvalue weighted by molar-refractivity contribution is 7.20. The van der Waals surface area contributed by atoms with Crippen LogP contribution < -0.4 is 5.32 Å². The van der Waals surface area contributed by atoms with E-state index in [1.807, 2.05) is 0 Å². The molecule has 0 saturated carbocycles. The molecule has 0 fully saturated rings. The number of hydrogen-bond acceptors (Lipinski definition) is 8. The molecule has 21 heavy (non-hydrogen) atoms. The maximum atomic E-state index is 11.7. The van der Waals surface area contributed by atoms with Crippen molar-refractivity contribution < 1.29 is 24.5 Å². The number of carboxylic acids is 1. The number of aromatic nitrogens is 2. The van der Waals surface area contributed by atoms with Crippen molar-refractivity contribution in [2.24, 2.45) is 0 Å². The van der Waals surface area contributed by atoms with Gasteiger partial charge in [0, 0.05) is 0 Å². The molecule has 0 spiro atoms. The zero-order chi connectivity index (χ0) is 15.6. The number of carbonyl (C=O) groups excluding carboxylic acids is 1. The number of fused-ring (bicyclic) bond motifs is 1. The lowest BCUT2D eigenvalue weighted by Crippen LogP contribution is -2.33. The number of aliphatic hydroxyl groups is 1. The summed E-state index contributed by atoms with van der Waals surface area (Å²) in [6.45, 7) is 1.11. The van der Waals surface area contributed by atoms with E-state index >= 15 is 0 Å². The summed E-state index contributed by atoms with van der Waals surface area (Å²) in [5.74, 6) is -1.44. The van der Waals surface area contributed by atoms with E-state index in [2.05, 4.69) is 15.3 Å². The van der Waals surface area contributed by atoms with Crippen molar-refractivity contribution in [2.45, 2.75) is 13.0 Å². The molecule has 8 nitrogen and oxygen atoms in total. The number of esters is 1. The molecule has 2 heterocycles. The van der Waals surface area contributed by atoms with Gasteiger partial charge in [0.25, 0.3) is 0 Å². The number of nitrogens with one attached hydrogen (secondary N) is 1. The molecule has 9 heteroatoms. The third-order valence-corrected chi connectivity index (χ3v) is 4.07. The highest BCUT2D eigenvalue weighted by Crippen LogP contribution is 2.33. The molecule has 0 amide bonds. The lowest BCUT2D eigenvalue weighted by molar-refractivity contribution is -0.138. The normalized spacial score (nSPS) is 12.1. The minimum Gasteiger partial charge on any atom is -0.480 e. The third kappa shape index (κ3) is 2.78. The molecule has 1 unspecified atom stereocenters. The van der Waals surface area contributed by atoms with Gasteiger partial charge in [-0.25, -0.2) is 19.6 Å². The van der Waals surface area contributed by atoms with Gasteiger partial charge in [0.05, 0.1) is 19.1 Å². The molecular formula is C12H13N3O5S. The second kappa shape index (κ2) is 6.02. The van der Waals surface area contributed by atoms with Crippen LogP contribution in [-0.4, -0.2) is 51.9 Å². The Bertz CT molecular complexity index is 700. The standard InChI is InChI=1S/C12H13N3O5S/c1-5-7-9(15-6(3-16)11(17)18)13-4-14-10(7)21-8(5)12(19)20-2/h4,6,16H,3H2,1-2H3,(H,17,18)(H,13,14,15). The number of nitrogens with zero attached hydrogens (tertiary/aromatic N) is 2. The van der Waals surface area contributed by atoms with Crippen LogP contribution in [0.4, 0.5) is 5.82 Å². The summed E-state index contributed by atoms with van der Waals surface area (Å²) in [6.07, 6.45) is 1.26. The summed E-state index contributed by atoms with van der Waals surface area (Å²) in [7, 11) is 1.28. The summed E-state index contributed by atoms with van der Waals surface area (Å²) < 4.78 is 4.70. The van der Waals surface area contributed by atoms with Crippen LogP contribution >= 0.6 is 11.3 Å². The fourth-order valence-electron chi connectivity index (χ4n) is 1.82. The van der Waals surface area contributed by atoms with E-state index in [1.54, 1.807) is 6.92 Å². The number of hydrogen-bond donors (Lipinski definition) is 3. The molecule has 2 aromatic rings. The lowest BCUT2D eigenvalue weighted by Gasteiger charge is -2.13. The van der Waals surface area contributed by atoms with Crippen molar-refractivity contribution in [3.63, 3.8) is 0 Å². The summed E-state index contributed by atoms with van der Waals surface area (Å²) >= 11 is 1.14. The van der Waals surface area contributed by atoms with Crippen LogP contribution in [0.2, 0.25) is 0 Å². The number of thiophene rings is 1. The molecule has 0 aliphatic heterocycles. The summed E-state index contributed by atoms with van der Waals surface area (Å²) in [5.41, 5.74) is 0.604. The smallest absolute Gasteiger partial charge is 0.348 e. The number of methoxy groups -OCH3 is 1. The van der Waals surface area contributed by atoms with Crippen LogP contribution in [0.3, 0.4) is 0 Å². The van der Waals surface area contributed by atoms with Crippen LogP contribution in [0.5, 0.6) is 0 Å². The molecule has 0 aliphatic carbocycles. The molecule has 0 aliphatic rings. The van der Waals surface area contributed by atoms with E-state index < -0.39 is 24.6 Å². The minimum atomic E-state index is -1.20. The summed E-state index contributed by atoms with van der Waals surface area (Å²) in [4.78, 5) is 31.6. The highest BCUT2D eigenvalue weighted by atomic mass is 32.1. The number of ether oxygens (including phenoxy) is 1. The summed E-state index contributed by atoms with van der Waals surface area (Å²) in [6, 6.07) is -1.19. The van der Waals surface area contributed by atoms with Crippen molar-refractivity contribution in [3.05, 3.63) is 16.8 Å². The topological polar surface area (TPSA) is 122 Å². The second-order valence-corrected chi connectivity index (χ2v) is 5.17. The number of aryl methyl sites for hydroxylation is 1. The van der Waals surface area contributed by atoms with Crippen LogP contribution in [0, 0.1) is 6.92 Å². The maximum absolute atomic E-state index is 11.7. The van der Waals surface area contributed by atoms with E-state index in [-0.39, 0.29) is 5.82 Å². The Morgan fingerprint density at radius 1 is 1.48 bits per heavy atom. The van der Waals surface area contributed by atoms with Crippen molar-refractivity contribution >= 4 is 39.3 Å². The minimum absolute atomic E-state index is 0.255. The van der Waals surface area contributed by atoms with Crippen LogP contribution in [0.1, 0.15) is 15.2 Å². The monoisotopic (exact) mass is 311 g/mol. The van der Waals surface area contributed by atoms with Crippen molar-refractivity contribution in [3.8, 4) is 0 Å². The van der Waals surface area contributed by atoms with Gasteiger partial charge in [-0.05, 0) is 12.5 Å². The Morgan fingerprint density at radius 3 is 2.76 bits per heavy atom.